The highest BCUT2D eigenvalue weighted by Crippen LogP contribution is 2.30. The average Bonchev–Trinajstić information content (AvgIpc) is 2.40. The van der Waals surface area contributed by atoms with E-state index in [2.05, 4.69) is 4.72 Å². The van der Waals surface area contributed by atoms with Crippen LogP contribution in [0.5, 0.6) is 0 Å². The molecule has 0 heterocycles. The van der Waals surface area contributed by atoms with Gasteiger partial charge in [0.1, 0.15) is 4.90 Å². The number of hydrogen-bond acceptors (Lipinski definition) is 3. The van der Waals surface area contributed by atoms with Gasteiger partial charge in [-0.3, -0.25) is 0 Å². The van der Waals surface area contributed by atoms with Crippen molar-refractivity contribution < 1.29 is 13.5 Å². The molecule has 4 nitrogen and oxygen atoms in total. The lowest BCUT2D eigenvalue weighted by Crippen LogP contribution is -2.44. The van der Waals surface area contributed by atoms with Crippen LogP contribution in [0.25, 0.3) is 0 Å². The molecule has 0 aromatic heterocycles. The van der Waals surface area contributed by atoms with Crippen molar-refractivity contribution in [2.24, 2.45) is 0 Å². The van der Waals surface area contributed by atoms with Gasteiger partial charge < -0.3 is 5.11 Å². The van der Waals surface area contributed by atoms with E-state index >= 15 is 0 Å². The molecule has 1 aromatic rings. The molecule has 0 saturated carbocycles. The Morgan fingerprint density at radius 2 is 1.80 bits per heavy atom. The minimum atomic E-state index is -3.81. The number of aliphatic hydroxyl groups is 1. The molecule has 0 bridgehead atoms. The molecule has 20 heavy (non-hydrogen) atoms. The van der Waals surface area contributed by atoms with E-state index < -0.39 is 15.6 Å². The van der Waals surface area contributed by atoms with Gasteiger partial charge in [0.15, 0.2) is 0 Å². The van der Waals surface area contributed by atoms with Crippen LogP contribution in [0.1, 0.15) is 39.2 Å². The highest BCUT2D eigenvalue weighted by Gasteiger charge is 2.29. The molecule has 0 atom stereocenters. The highest BCUT2D eigenvalue weighted by molar-refractivity contribution is 7.89. The zero-order valence-corrected chi connectivity index (χ0v) is 14.0. The lowest BCUT2D eigenvalue weighted by atomic mass is 9.98. The predicted octanol–water partition coefficient (Wildman–Crippen LogP) is 3.34. The van der Waals surface area contributed by atoms with Crippen molar-refractivity contribution in [3.8, 4) is 0 Å². The molecule has 0 radical (unpaired) electrons. The van der Waals surface area contributed by atoms with Gasteiger partial charge in [-0.15, -0.1) is 0 Å². The van der Waals surface area contributed by atoms with E-state index in [4.69, 9.17) is 23.2 Å². The third kappa shape index (κ3) is 3.86. The summed E-state index contributed by atoms with van der Waals surface area (Å²) in [4.78, 5) is -0.108. The van der Waals surface area contributed by atoms with Crippen LogP contribution >= 0.6 is 23.2 Å². The first-order chi connectivity index (χ1) is 9.19. The summed E-state index contributed by atoms with van der Waals surface area (Å²) in [5.41, 5.74) is -0.265. The van der Waals surface area contributed by atoms with Crippen LogP contribution in [-0.2, 0) is 16.6 Å². The molecule has 0 unspecified atom stereocenters. The first-order valence-corrected chi connectivity index (χ1v) is 8.55. The van der Waals surface area contributed by atoms with Gasteiger partial charge in [0.25, 0.3) is 0 Å². The second kappa shape index (κ2) is 6.62. The van der Waals surface area contributed by atoms with Crippen molar-refractivity contribution in [3.63, 3.8) is 0 Å². The van der Waals surface area contributed by atoms with Crippen LogP contribution in [0.4, 0.5) is 0 Å². The zero-order valence-electron chi connectivity index (χ0n) is 11.7. The maximum Gasteiger partial charge on any atom is 0.242 e. The molecule has 0 aliphatic rings. The first-order valence-electron chi connectivity index (χ1n) is 6.32. The number of aliphatic hydroxyl groups excluding tert-OH is 1. The van der Waals surface area contributed by atoms with E-state index in [1.807, 2.05) is 20.8 Å². The molecular weight excluding hydrogens is 321 g/mol. The maximum absolute atomic E-state index is 12.5. The largest absolute Gasteiger partial charge is 0.392 e. The Labute approximate surface area is 130 Å². The summed E-state index contributed by atoms with van der Waals surface area (Å²) >= 11 is 11.9. The normalized spacial score (nSPS) is 12.7. The van der Waals surface area contributed by atoms with E-state index in [-0.39, 0.29) is 27.1 Å². The molecule has 0 fully saturated rings. The standard InChI is InChI=1S/C13H19Cl2NO3S/c1-4-13(3,5-2)16-20(18,19)11-7-10(14)6-9(8-17)12(11)15/h6-7,16-17H,4-5,8H2,1-3H3. The van der Waals surface area contributed by atoms with Gasteiger partial charge in [0.2, 0.25) is 10.0 Å². The molecule has 0 aliphatic heterocycles. The number of sulfonamides is 1. The van der Waals surface area contributed by atoms with Gasteiger partial charge in [0, 0.05) is 10.6 Å². The number of hydrogen-bond donors (Lipinski definition) is 2. The lowest BCUT2D eigenvalue weighted by molar-refractivity contribution is 0.281. The maximum atomic E-state index is 12.5. The third-order valence-corrected chi connectivity index (χ3v) is 5.92. The molecule has 114 valence electrons. The van der Waals surface area contributed by atoms with Gasteiger partial charge in [-0.1, -0.05) is 37.0 Å². The van der Waals surface area contributed by atoms with Gasteiger partial charge in [-0.05, 0) is 37.5 Å². The van der Waals surface area contributed by atoms with E-state index in [0.717, 1.165) is 0 Å². The van der Waals surface area contributed by atoms with Crippen LogP contribution in [0, 0.1) is 0 Å². The van der Waals surface area contributed by atoms with Crippen LogP contribution < -0.4 is 4.72 Å². The molecule has 2 N–H and O–H groups in total. The number of benzene rings is 1. The average molecular weight is 340 g/mol. The van der Waals surface area contributed by atoms with Crippen molar-refractivity contribution in [1.29, 1.82) is 0 Å². The summed E-state index contributed by atoms with van der Waals surface area (Å²) in [5.74, 6) is 0. The molecule has 0 amide bonds. The van der Waals surface area contributed by atoms with Crippen molar-refractivity contribution >= 4 is 33.2 Å². The van der Waals surface area contributed by atoms with Crippen molar-refractivity contribution in [1.82, 2.24) is 4.72 Å². The number of nitrogens with one attached hydrogen (secondary N) is 1. The first kappa shape index (κ1) is 17.7. The van der Waals surface area contributed by atoms with Gasteiger partial charge in [-0.2, -0.15) is 0 Å². The van der Waals surface area contributed by atoms with Crippen LogP contribution in [0.3, 0.4) is 0 Å². The fraction of sp³-hybridized carbons (Fsp3) is 0.538. The summed E-state index contributed by atoms with van der Waals surface area (Å²) in [6.07, 6.45) is 1.29. The monoisotopic (exact) mass is 339 g/mol. The molecule has 7 heteroatoms. The second-order valence-electron chi connectivity index (χ2n) is 4.91. The Morgan fingerprint density at radius 3 is 2.25 bits per heavy atom. The van der Waals surface area contributed by atoms with Gasteiger partial charge in [-0.25, -0.2) is 13.1 Å². The van der Waals surface area contributed by atoms with E-state index in [9.17, 15) is 13.5 Å². The molecule has 0 saturated heterocycles. The Bertz CT molecular complexity index is 584. The summed E-state index contributed by atoms with van der Waals surface area (Å²) < 4.78 is 27.6. The van der Waals surface area contributed by atoms with Crippen LogP contribution in [0.2, 0.25) is 10.0 Å². The minimum absolute atomic E-state index is 0.000967. The fourth-order valence-electron chi connectivity index (χ4n) is 1.70. The highest BCUT2D eigenvalue weighted by atomic mass is 35.5. The summed E-state index contributed by atoms with van der Waals surface area (Å²) in [6.45, 7) is 5.27. The Balaban J connectivity index is 3.33. The summed E-state index contributed by atoms with van der Waals surface area (Å²) in [5, 5.41) is 9.41. The number of rotatable bonds is 6. The Kier molecular flexibility index (Phi) is 5.87. The van der Waals surface area contributed by atoms with E-state index in [1.54, 1.807) is 0 Å². The Hall–Kier alpha value is -0.330. The van der Waals surface area contributed by atoms with Crippen molar-refractivity contribution in [2.45, 2.75) is 50.7 Å². The quantitative estimate of drug-likeness (QED) is 0.835. The van der Waals surface area contributed by atoms with Gasteiger partial charge >= 0.3 is 0 Å². The van der Waals surface area contributed by atoms with Crippen molar-refractivity contribution in [3.05, 3.63) is 27.7 Å². The molecule has 1 aromatic carbocycles. The zero-order chi connectivity index (χ0) is 15.6. The second-order valence-corrected chi connectivity index (χ2v) is 7.37. The van der Waals surface area contributed by atoms with E-state index in [0.29, 0.717) is 12.8 Å². The van der Waals surface area contributed by atoms with Gasteiger partial charge in [0.05, 0.1) is 11.6 Å². The third-order valence-electron chi connectivity index (χ3n) is 3.48. The summed E-state index contributed by atoms with van der Waals surface area (Å²) in [6, 6.07) is 2.73. The van der Waals surface area contributed by atoms with Crippen molar-refractivity contribution in [2.75, 3.05) is 0 Å². The van der Waals surface area contributed by atoms with Crippen LogP contribution in [-0.4, -0.2) is 19.1 Å². The molecule has 0 spiro atoms. The van der Waals surface area contributed by atoms with Crippen LogP contribution in [0.15, 0.2) is 17.0 Å². The van der Waals surface area contributed by atoms with E-state index in [1.165, 1.54) is 12.1 Å². The minimum Gasteiger partial charge on any atom is -0.392 e. The molecule has 1 rings (SSSR count). The Morgan fingerprint density at radius 1 is 1.25 bits per heavy atom. The topological polar surface area (TPSA) is 66.4 Å². The number of halogens is 2. The molecular formula is C13H19Cl2NO3S. The summed E-state index contributed by atoms with van der Waals surface area (Å²) in [7, 11) is -3.81. The molecule has 0 aliphatic carbocycles. The lowest BCUT2D eigenvalue weighted by Gasteiger charge is -2.28. The predicted molar refractivity (Wildman–Crippen MR) is 81.7 cm³/mol. The fourth-order valence-corrected chi connectivity index (χ4v) is 4.18. The smallest absolute Gasteiger partial charge is 0.242 e. The SMILES string of the molecule is CCC(C)(CC)NS(=O)(=O)c1cc(Cl)cc(CO)c1Cl.